The van der Waals surface area contributed by atoms with E-state index in [4.69, 9.17) is 16.1 Å². The van der Waals surface area contributed by atoms with Crippen LogP contribution in [0.15, 0.2) is 22.9 Å². The highest BCUT2D eigenvalue weighted by Gasteiger charge is 2.12. The Labute approximate surface area is 115 Å². The molecule has 0 aliphatic rings. The van der Waals surface area contributed by atoms with Gasteiger partial charge in [-0.05, 0) is 19.9 Å². The van der Waals surface area contributed by atoms with Gasteiger partial charge in [-0.2, -0.15) is 0 Å². The van der Waals surface area contributed by atoms with Crippen molar-refractivity contribution in [3.8, 4) is 0 Å². The fourth-order valence-electron chi connectivity index (χ4n) is 1.47. The first-order valence-corrected chi connectivity index (χ1v) is 6.12. The average molecular weight is 281 g/mol. The van der Waals surface area contributed by atoms with Crippen molar-refractivity contribution in [3.63, 3.8) is 0 Å². The number of carbonyl (C=O) groups is 1. The molecule has 0 saturated carbocycles. The second-order valence-corrected chi connectivity index (χ2v) is 4.28. The van der Waals surface area contributed by atoms with Crippen LogP contribution in [0.2, 0.25) is 5.02 Å². The lowest BCUT2D eigenvalue weighted by atomic mass is 10.2. The molecule has 0 atom stereocenters. The third kappa shape index (κ3) is 3.23. The van der Waals surface area contributed by atoms with E-state index in [9.17, 15) is 4.79 Å². The second-order valence-electron chi connectivity index (χ2n) is 3.87. The second kappa shape index (κ2) is 5.71. The van der Waals surface area contributed by atoms with Crippen molar-refractivity contribution in [1.82, 2.24) is 10.1 Å². The maximum atomic E-state index is 11.9. The van der Waals surface area contributed by atoms with Gasteiger partial charge in [0.25, 0.3) is 5.91 Å². The van der Waals surface area contributed by atoms with E-state index in [1.165, 1.54) is 6.20 Å². The molecule has 2 aromatic rings. The summed E-state index contributed by atoms with van der Waals surface area (Å²) < 4.78 is 4.90. The third-order valence-corrected chi connectivity index (χ3v) is 2.60. The molecule has 0 fully saturated rings. The van der Waals surface area contributed by atoms with Crippen LogP contribution in [0.4, 0.5) is 11.7 Å². The molecule has 2 aromatic heterocycles. The van der Waals surface area contributed by atoms with Gasteiger partial charge in [0, 0.05) is 18.8 Å². The summed E-state index contributed by atoms with van der Waals surface area (Å²) in [4.78, 5) is 16.0. The molecule has 0 aromatic carbocycles. The van der Waals surface area contributed by atoms with Crippen molar-refractivity contribution in [3.05, 3.63) is 34.6 Å². The number of pyridine rings is 1. The molecular formula is C12H13ClN4O2. The summed E-state index contributed by atoms with van der Waals surface area (Å²) in [5, 5.41) is 9.63. The standard InChI is InChI=1S/C12H13ClN4O2/c1-3-14-11-9(13)5-8(6-15-11)12(18)16-10-4-7(2)17-19-10/h4-6H,3H2,1-2H3,(H,14,15)(H,16,18). The van der Waals surface area contributed by atoms with Crippen LogP contribution in [-0.2, 0) is 0 Å². The normalized spacial score (nSPS) is 10.3. The summed E-state index contributed by atoms with van der Waals surface area (Å²) in [5.74, 6) is 0.485. The Morgan fingerprint density at radius 3 is 2.84 bits per heavy atom. The van der Waals surface area contributed by atoms with Crippen molar-refractivity contribution in [2.24, 2.45) is 0 Å². The molecule has 2 N–H and O–H groups in total. The Bertz CT molecular complexity index is 597. The van der Waals surface area contributed by atoms with Gasteiger partial charge in [-0.25, -0.2) is 4.98 Å². The predicted octanol–water partition coefficient (Wildman–Crippen LogP) is 2.72. The zero-order valence-corrected chi connectivity index (χ0v) is 11.3. The molecule has 0 bridgehead atoms. The van der Waals surface area contributed by atoms with E-state index in [1.807, 2.05) is 6.92 Å². The first-order chi connectivity index (χ1) is 9.10. The van der Waals surface area contributed by atoms with Crippen LogP contribution in [0.5, 0.6) is 0 Å². The molecule has 1 amide bonds. The molecule has 6 nitrogen and oxygen atoms in total. The molecule has 0 saturated heterocycles. The number of nitrogens with one attached hydrogen (secondary N) is 2. The van der Waals surface area contributed by atoms with E-state index in [0.717, 1.165) is 0 Å². The third-order valence-electron chi connectivity index (χ3n) is 2.31. The number of rotatable bonds is 4. The quantitative estimate of drug-likeness (QED) is 0.900. The van der Waals surface area contributed by atoms with Gasteiger partial charge < -0.3 is 9.84 Å². The van der Waals surface area contributed by atoms with Gasteiger partial charge in [0.15, 0.2) is 0 Å². The number of carbonyl (C=O) groups excluding carboxylic acids is 1. The van der Waals surface area contributed by atoms with Crippen LogP contribution in [0.3, 0.4) is 0 Å². The highest BCUT2D eigenvalue weighted by molar-refractivity contribution is 6.33. The molecule has 0 unspecified atom stereocenters. The number of hydrogen-bond donors (Lipinski definition) is 2. The van der Waals surface area contributed by atoms with E-state index in [-0.39, 0.29) is 11.8 Å². The maximum absolute atomic E-state index is 11.9. The van der Waals surface area contributed by atoms with E-state index in [0.29, 0.717) is 28.6 Å². The highest BCUT2D eigenvalue weighted by atomic mass is 35.5. The average Bonchev–Trinajstić information content (AvgIpc) is 2.77. The summed E-state index contributed by atoms with van der Waals surface area (Å²) in [5.41, 5.74) is 1.04. The van der Waals surface area contributed by atoms with Crippen LogP contribution in [0.25, 0.3) is 0 Å². The van der Waals surface area contributed by atoms with E-state index < -0.39 is 0 Å². The van der Waals surface area contributed by atoms with Crippen LogP contribution in [0.1, 0.15) is 23.0 Å². The molecule has 2 rings (SSSR count). The lowest BCUT2D eigenvalue weighted by Gasteiger charge is -2.06. The summed E-state index contributed by atoms with van der Waals surface area (Å²) in [7, 11) is 0. The zero-order chi connectivity index (χ0) is 13.8. The number of amides is 1. The smallest absolute Gasteiger partial charge is 0.259 e. The van der Waals surface area contributed by atoms with Crippen LogP contribution in [0, 0.1) is 6.92 Å². The van der Waals surface area contributed by atoms with Gasteiger partial charge in [-0.1, -0.05) is 16.8 Å². The predicted molar refractivity (Wildman–Crippen MR) is 72.6 cm³/mol. The Morgan fingerprint density at radius 2 is 2.26 bits per heavy atom. The first-order valence-electron chi connectivity index (χ1n) is 5.74. The Hall–Kier alpha value is -2.08. The number of halogens is 1. The van der Waals surface area contributed by atoms with Crippen LogP contribution >= 0.6 is 11.6 Å². The topological polar surface area (TPSA) is 80.0 Å². The molecule has 0 aliphatic heterocycles. The van der Waals surface area contributed by atoms with Crippen molar-refractivity contribution < 1.29 is 9.32 Å². The van der Waals surface area contributed by atoms with Crippen LogP contribution in [-0.4, -0.2) is 22.6 Å². The minimum atomic E-state index is -0.353. The van der Waals surface area contributed by atoms with Gasteiger partial charge in [0.1, 0.15) is 5.82 Å². The van der Waals surface area contributed by atoms with E-state index >= 15 is 0 Å². The SMILES string of the molecule is CCNc1ncc(C(=O)Nc2cc(C)no2)cc1Cl. The van der Waals surface area contributed by atoms with Crippen molar-refractivity contribution in [2.45, 2.75) is 13.8 Å². The number of anilines is 2. The molecule has 19 heavy (non-hydrogen) atoms. The Kier molecular flexibility index (Phi) is 4.01. The lowest BCUT2D eigenvalue weighted by molar-refractivity contribution is 0.102. The summed E-state index contributed by atoms with van der Waals surface area (Å²) in [6.07, 6.45) is 1.45. The van der Waals surface area contributed by atoms with Crippen molar-refractivity contribution in [1.29, 1.82) is 0 Å². The number of nitrogens with zero attached hydrogens (tertiary/aromatic N) is 2. The fraction of sp³-hybridized carbons (Fsp3) is 0.250. The highest BCUT2D eigenvalue weighted by Crippen LogP contribution is 2.20. The monoisotopic (exact) mass is 280 g/mol. The summed E-state index contributed by atoms with van der Waals surface area (Å²) in [6, 6.07) is 3.17. The van der Waals surface area contributed by atoms with Crippen molar-refractivity contribution in [2.75, 3.05) is 17.2 Å². The molecule has 0 aliphatic carbocycles. The molecule has 0 spiro atoms. The van der Waals surface area contributed by atoms with Gasteiger partial charge in [-0.15, -0.1) is 0 Å². The molecule has 0 radical (unpaired) electrons. The van der Waals surface area contributed by atoms with Gasteiger partial charge in [0.05, 0.1) is 16.3 Å². The van der Waals surface area contributed by atoms with Gasteiger partial charge >= 0.3 is 0 Å². The number of aryl methyl sites for hydroxylation is 1. The number of hydrogen-bond acceptors (Lipinski definition) is 5. The van der Waals surface area contributed by atoms with Crippen molar-refractivity contribution >= 4 is 29.2 Å². The zero-order valence-electron chi connectivity index (χ0n) is 10.5. The Balaban J connectivity index is 2.13. The molecule has 100 valence electrons. The maximum Gasteiger partial charge on any atom is 0.259 e. The molecule has 7 heteroatoms. The van der Waals surface area contributed by atoms with E-state index in [1.54, 1.807) is 19.1 Å². The number of aromatic nitrogens is 2. The van der Waals surface area contributed by atoms with Gasteiger partial charge in [-0.3, -0.25) is 10.1 Å². The Morgan fingerprint density at radius 1 is 1.47 bits per heavy atom. The lowest BCUT2D eigenvalue weighted by Crippen LogP contribution is -2.12. The minimum absolute atomic E-state index is 0.286. The fourth-order valence-corrected chi connectivity index (χ4v) is 1.70. The first kappa shape index (κ1) is 13.4. The summed E-state index contributed by atoms with van der Waals surface area (Å²) >= 11 is 6.02. The largest absolute Gasteiger partial charge is 0.369 e. The minimum Gasteiger partial charge on any atom is -0.369 e. The molecular weight excluding hydrogens is 268 g/mol. The molecule has 2 heterocycles. The van der Waals surface area contributed by atoms with Gasteiger partial charge in [0.2, 0.25) is 5.88 Å². The summed E-state index contributed by atoms with van der Waals surface area (Å²) in [6.45, 7) is 4.41. The van der Waals surface area contributed by atoms with Crippen LogP contribution < -0.4 is 10.6 Å². The van der Waals surface area contributed by atoms with E-state index in [2.05, 4.69) is 20.8 Å².